The zero-order chi connectivity index (χ0) is 12.1. The van der Waals surface area contributed by atoms with Crippen molar-refractivity contribution >= 4 is 0 Å². The minimum absolute atomic E-state index is 0.835. The SMILES string of the molecule is Cc1cc(C)cc(CNCCOCC2CC2)c1. The van der Waals surface area contributed by atoms with Crippen LogP contribution in [-0.4, -0.2) is 19.8 Å². The van der Waals surface area contributed by atoms with Gasteiger partial charge in [0, 0.05) is 19.7 Å². The molecule has 1 aromatic rings. The highest BCUT2D eigenvalue weighted by molar-refractivity contribution is 5.28. The smallest absolute Gasteiger partial charge is 0.0591 e. The lowest BCUT2D eigenvalue weighted by Gasteiger charge is -2.07. The molecule has 0 atom stereocenters. The molecule has 2 heteroatoms. The molecule has 2 nitrogen and oxygen atoms in total. The Morgan fingerprint density at radius 1 is 1.18 bits per heavy atom. The first kappa shape index (κ1) is 12.6. The Morgan fingerprint density at radius 3 is 2.53 bits per heavy atom. The molecule has 1 aromatic carbocycles. The molecule has 2 rings (SSSR count). The Kier molecular flexibility index (Phi) is 4.57. The van der Waals surface area contributed by atoms with Gasteiger partial charge in [-0.1, -0.05) is 29.3 Å². The van der Waals surface area contributed by atoms with Crippen molar-refractivity contribution in [3.8, 4) is 0 Å². The van der Waals surface area contributed by atoms with Gasteiger partial charge in [-0.25, -0.2) is 0 Å². The van der Waals surface area contributed by atoms with Gasteiger partial charge in [0.05, 0.1) is 6.61 Å². The first-order valence-corrected chi connectivity index (χ1v) is 6.59. The Hall–Kier alpha value is -0.860. The van der Waals surface area contributed by atoms with Crippen LogP contribution in [0.3, 0.4) is 0 Å². The highest BCUT2D eigenvalue weighted by Crippen LogP contribution is 2.28. The van der Waals surface area contributed by atoms with Crippen molar-refractivity contribution in [2.75, 3.05) is 19.8 Å². The van der Waals surface area contributed by atoms with Crippen LogP contribution in [-0.2, 0) is 11.3 Å². The Bertz CT molecular complexity index is 338. The van der Waals surface area contributed by atoms with Gasteiger partial charge in [0.2, 0.25) is 0 Å². The molecule has 0 heterocycles. The molecule has 1 saturated carbocycles. The van der Waals surface area contributed by atoms with Gasteiger partial charge in [0.1, 0.15) is 0 Å². The highest BCUT2D eigenvalue weighted by atomic mass is 16.5. The molecule has 0 saturated heterocycles. The van der Waals surface area contributed by atoms with Gasteiger partial charge in [-0.3, -0.25) is 0 Å². The fourth-order valence-electron chi connectivity index (χ4n) is 2.08. The molecule has 0 bridgehead atoms. The van der Waals surface area contributed by atoms with Crippen molar-refractivity contribution < 1.29 is 4.74 Å². The number of hydrogen-bond donors (Lipinski definition) is 1. The Morgan fingerprint density at radius 2 is 1.88 bits per heavy atom. The summed E-state index contributed by atoms with van der Waals surface area (Å²) in [4.78, 5) is 0. The number of ether oxygens (including phenoxy) is 1. The fourth-order valence-corrected chi connectivity index (χ4v) is 2.08. The Labute approximate surface area is 104 Å². The van der Waals surface area contributed by atoms with Crippen LogP contribution in [0.15, 0.2) is 18.2 Å². The maximum atomic E-state index is 5.58. The summed E-state index contributed by atoms with van der Waals surface area (Å²) in [6.45, 7) is 7.98. The number of hydrogen-bond acceptors (Lipinski definition) is 2. The molecule has 1 aliphatic rings. The van der Waals surface area contributed by atoms with Gasteiger partial charge in [-0.15, -0.1) is 0 Å². The van der Waals surface area contributed by atoms with Crippen molar-refractivity contribution in [1.29, 1.82) is 0 Å². The van der Waals surface area contributed by atoms with E-state index in [0.717, 1.165) is 32.2 Å². The minimum Gasteiger partial charge on any atom is -0.380 e. The van der Waals surface area contributed by atoms with Crippen molar-refractivity contribution in [2.24, 2.45) is 5.92 Å². The van der Waals surface area contributed by atoms with Gasteiger partial charge in [-0.05, 0) is 38.2 Å². The molecule has 0 radical (unpaired) electrons. The molecule has 0 aromatic heterocycles. The number of aryl methyl sites for hydroxylation is 2. The van der Waals surface area contributed by atoms with E-state index in [-0.39, 0.29) is 0 Å². The van der Waals surface area contributed by atoms with Crippen LogP contribution in [0.5, 0.6) is 0 Å². The van der Waals surface area contributed by atoms with Crippen LogP contribution in [0.2, 0.25) is 0 Å². The van der Waals surface area contributed by atoms with E-state index in [9.17, 15) is 0 Å². The second kappa shape index (κ2) is 6.18. The summed E-state index contributed by atoms with van der Waals surface area (Å²) in [7, 11) is 0. The third-order valence-electron chi connectivity index (χ3n) is 3.08. The van der Waals surface area contributed by atoms with Crippen LogP contribution >= 0.6 is 0 Å². The number of rotatable bonds is 7. The topological polar surface area (TPSA) is 21.3 Å². The molecule has 1 aliphatic carbocycles. The van der Waals surface area contributed by atoms with Crippen molar-refractivity contribution in [2.45, 2.75) is 33.2 Å². The molecule has 1 N–H and O–H groups in total. The van der Waals surface area contributed by atoms with Gasteiger partial charge in [0.25, 0.3) is 0 Å². The molecule has 0 unspecified atom stereocenters. The molecule has 0 aliphatic heterocycles. The fraction of sp³-hybridized carbons (Fsp3) is 0.600. The van der Waals surface area contributed by atoms with E-state index in [4.69, 9.17) is 4.74 Å². The summed E-state index contributed by atoms with van der Waals surface area (Å²) in [5.41, 5.74) is 4.04. The lowest BCUT2D eigenvalue weighted by molar-refractivity contribution is 0.126. The third-order valence-corrected chi connectivity index (χ3v) is 3.08. The van der Waals surface area contributed by atoms with Gasteiger partial charge in [-0.2, -0.15) is 0 Å². The lowest BCUT2D eigenvalue weighted by atomic mass is 10.1. The normalized spacial score (nSPS) is 15.2. The molecule has 0 amide bonds. The summed E-state index contributed by atoms with van der Waals surface area (Å²) in [5, 5.41) is 3.43. The molecule has 1 fully saturated rings. The molecule has 17 heavy (non-hydrogen) atoms. The maximum absolute atomic E-state index is 5.58. The van der Waals surface area contributed by atoms with Gasteiger partial charge < -0.3 is 10.1 Å². The van der Waals surface area contributed by atoms with E-state index in [1.54, 1.807) is 0 Å². The van der Waals surface area contributed by atoms with Crippen molar-refractivity contribution in [1.82, 2.24) is 5.32 Å². The van der Waals surface area contributed by atoms with Crippen molar-refractivity contribution in [3.63, 3.8) is 0 Å². The predicted molar refractivity (Wildman–Crippen MR) is 71.2 cm³/mol. The predicted octanol–water partition coefficient (Wildman–Crippen LogP) is 2.82. The molecule has 0 spiro atoms. The van der Waals surface area contributed by atoms with E-state index in [1.165, 1.54) is 29.5 Å². The average molecular weight is 233 g/mol. The minimum atomic E-state index is 0.835. The summed E-state index contributed by atoms with van der Waals surface area (Å²) in [6, 6.07) is 6.69. The largest absolute Gasteiger partial charge is 0.380 e. The van der Waals surface area contributed by atoms with Crippen LogP contribution in [0, 0.1) is 19.8 Å². The van der Waals surface area contributed by atoms with E-state index < -0.39 is 0 Å². The van der Waals surface area contributed by atoms with Crippen molar-refractivity contribution in [3.05, 3.63) is 34.9 Å². The van der Waals surface area contributed by atoms with Crippen LogP contribution in [0.1, 0.15) is 29.5 Å². The monoisotopic (exact) mass is 233 g/mol. The molecular formula is C15H23NO. The average Bonchev–Trinajstić information content (AvgIpc) is 3.05. The summed E-state index contributed by atoms with van der Waals surface area (Å²) < 4.78 is 5.58. The van der Waals surface area contributed by atoms with Crippen LogP contribution in [0.4, 0.5) is 0 Å². The molecular weight excluding hydrogens is 210 g/mol. The Balaban J connectivity index is 1.59. The van der Waals surface area contributed by atoms with E-state index in [0.29, 0.717) is 0 Å². The lowest BCUT2D eigenvalue weighted by Crippen LogP contribution is -2.19. The van der Waals surface area contributed by atoms with Crippen LogP contribution < -0.4 is 5.32 Å². The van der Waals surface area contributed by atoms with E-state index >= 15 is 0 Å². The van der Waals surface area contributed by atoms with Gasteiger partial charge in [0.15, 0.2) is 0 Å². The summed E-state index contributed by atoms with van der Waals surface area (Å²) in [5.74, 6) is 0.870. The number of nitrogens with one attached hydrogen (secondary N) is 1. The maximum Gasteiger partial charge on any atom is 0.0591 e. The first-order chi connectivity index (χ1) is 8.24. The summed E-state index contributed by atoms with van der Waals surface area (Å²) >= 11 is 0. The van der Waals surface area contributed by atoms with Crippen LogP contribution in [0.25, 0.3) is 0 Å². The zero-order valence-electron chi connectivity index (χ0n) is 11.0. The number of benzene rings is 1. The molecule has 94 valence electrons. The second-order valence-corrected chi connectivity index (χ2v) is 5.19. The first-order valence-electron chi connectivity index (χ1n) is 6.59. The summed E-state index contributed by atoms with van der Waals surface area (Å²) in [6.07, 6.45) is 2.74. The van der Waals surface area contributed by atoms with E-state index in [2.05, 4.69) is 37.4 Å². The zero-order valence-corrected chi connectivity index (χ0v) is 11.0. The quantitative estimate of drug-likeness (QED) is 0.731. The third kappa shape index (κ3) is 4.88. The van der Waals surface area contributed by atoms with Gasteiger partial charge >= 0.3 is 0 Å². The van der Waals surface area contributed by atoms with E-state index in [1.807, 2.05) is 0 Å². The second-order valence-electron chi connectivity index (χ2n) is 5.19. The standard InChI is InChI=1S/C15H23NO/c1-12-7-13(2)9-15(8-12)10-16-5-6-17-11-14-3-4-14/h7-9,14,16H,3-6,10-11H2,1-2H3. The highest BCUT2D eigenvalue weighted by Gasteiger charge is 2.20.